The summed E-state index contributed by atoms with van der Waals surface area (Å²) in [4.78, 5) is 87.3. The molecule has 0 spiro atoms. The number of unbranched alkanes of at least 4 members (excludes halogenated alkanes) is 1. The molecule has 15 nitrogen and oxygen atoms in total. The number of likely N-dealkylation sites (tertiary alicyclic amines) is 1. The van der Waals surface area contributed by atoms with Gasteiger partial charge in [-0.2, -0.15) is 0 Å². The van der Waals surface area contributed by atoms with E-state index in [0.29, 0.717) is 47.1 Å². The van der Waals surface area contributed by atoms with Crippen LogP contribution in [-0.4, -0.2) is 88.2 Å². The summed E-state index contributed by atoms with van der Waals surface area (Å²) in [5, 5.41) is 11.5. The third kappa shape index (κ3) is 10.7. The number of rotatable bonds is 17. The molecule has 308 valence electrons. The van der Waals surface area contributed by atoms with Gasteiger partial charge in [0.05, 0.1) is 24.2 Å². The number of carbonyl (C=O) groups excluding carboxylic acids is 6. The summed E-state index contributed by atoms with van der Waals surface area (Å²) in [5.41, 5.74) is 13.0. The molecule has 1 aliphatic rings. The Hall–Kier alpha value is -6.06. The molecule has 4 aromatic rings. The van der Waals surface area contributed by atoms with Crippen LogP contribution < -0.4 is 32.7 Å². The summed E-state index contributed by atoms with van der Waals surface area (Å²) in [6.07, 6.45) is 2.53. The summed E-state index contributed by atoms with van der Waals surface area (Å²) in [6, 6.07) is 18.2. The Morgan fingerprint density at radius 1 is 0.966 bits per heavy atom. The number of urea groups is 1. The highest BCUT2D eigenvalue weighted by Gasteiger charge is 2.56. The lowest BCUT2D eigenvalue weighted by Gasteiger charge is -2.32. The van der Waals surface area contributed by atoms with Crippen molar-refractivity contribution in [1.82, 2.24) is 25.8 Å². The second kappa shape index (κ2) is 18.9. The van der Waals surface area contributed by atoms with Gasteiger partial charge in [0.25, 0.3) is 5.91 Å². The number of ether oxygens (including phenoxy) is 1. The standard InChI is InChI=1S/C43H54N8O7/c1-27-13-8-9-17-32(27)49-41(57)50-43(20-22-51(40(43)56)26-35(52)47-24-28-14-6-5-7-15-28)37(53)34(18-10-11-21-44)48-38(54)31(45)23-29-25-46-33-19-12-16-30(36(29)33)39(55)58-42(2,3)4/h5-9,12-17,19,25,31,34,46H,10-11,18,20-24,26,44-45H2,1-4H3,(H,47,52)(H,48,54)(H2,49,50,57). The SMILES string of the molecule is Cc1ccccc1NC(=O)NC1(C(=O)C(CCCCN)NC(=O)C(N)Cc2c[nH]c3cccc(C(=O)OC(C)(C)C)c23)CCN(CC(=O)NCc2ccccc2)C1=O. The van der Waals surface area contributed by atoms with Gasteiger partial charge in [-0.15, -0.1) is 0 Å². The van der Waals surface area contributed by atoms with Crippen molar-refractivity contribution in [1.29, 1.82) is 0 Å². The molecule has 3 atom stereocenters. The van der Waals surface area contributed by atoms with Gasteiger partial charge in [-0.05, 0) is 94.8 Å². The molecule has 1 saturated heterocycles. The lowest BCUT2D eigenvalue weighted by Crippen LogP contribution is -2.66. The summed E-state index contributed by atoms with van der Waals surface area (Å²) in [7, 11) is 0. The first-order chi connectivity index (χ1) is 27.6. The van der Waals surface area contributed by atoms with Gasteiger partial charge < -0.3 is 47.4 Å². The van der Waals surface area contributed by atoms with Crippen molar-refractivity contribution in [3.8, 4) is 0 Å². The molecule has 9 N–H and O–H groups in total. The summed E-state index contributed by atoms with van der Waals surface area (Å²) in [5.74, 6) is -3.19. The van der Waals surface area contributed by atoms with E-state index in [2.05, 4.69) is 26.3 Å². The molecule has 3 unspecified atom stereocenters. The zero-order valence-electron chi connectivity index (χ0n) is 33.5. The van der Waals surface area contributed by atoms with Crippen LogP contribution in [-0.2, 0) is 36.9 Å². The molecule has 0 radical (unpaired) electrons. The minimum absolute atomic E-state index is 0.0115. The molecule has 5 amide bonds. The fourth-order valence-electron chi connectivity index (χ4n) is 7.01. The number of nitrogens with one attached hydrogen (secondary N) is 5. The van der Waals surface area contributed by atoms with E-state index in [4.69, 9.17) is 16.2 Å². The van der Waals surface area contributed by atoms with E-state index in [0.717, 1.165) is 11.1 Å². The molecule has 58 heavy (non-hydrogen) atoms. The fraction of sp³-hybridized carbons (Fsp3) is 0.395. The largest absolute Gasteiger partial charge is 0.456 e. The number of fused-ring (bicyclic) bond motifs is 1. The fourth-order valence-corrected chi connectivity index (χ4v) is 7.01. The van der Waals surface area contributed by atoms with E-state index in [1.54, 1.807) is 70.3 Å². The van der Waals surface area contributed by atoms with Crippen LogP contribution in [0.15, 0.2) is 79.0 Å². The lowest BCUT2D eigenvalue weighted by molar-refractivity contribution is -0.143. The zero-order valence-corrected chi connectivity index (χ0v) is 33.5. The third-order valence-corrected chi connectivity index (χ3v) is 9.98. The maximum absolute atomic E-state index is 14.8. The number of aromatic amines is 1. The first kappa shape index (κ1) is 43.1. The molecule has 1 fully saturated rings. The molecule has 0 saturated carbocycles. The summed E-state index contributed by atoms with van der Waals surface area (Å²) in [6.45, 7) is 7.29. The number of para-hydroxylation sites is 1. The van der Waals surface area contributed by atoms with Crippen molar-refractivity contribution in [2.75, 3.05) is 25.0 Å². The number of benzene rings is 3. The Morgan fingerprint density at radius 3 is 2.40 bits per heavy atom. The average Bonchev–Trinajstić information content (AvgIpc) is 3.73. The first-order valence-corrected chi connectivity index (χ1v) is 19.5. The number of H-pyrrole nitrogens is 1. The molecule has 1 aliphatic heterocycles. The highest BCUT2D eigenvalue weighted by Crippen LogP contribution is 2.29. The second-order valence-corrected chi connectivity index (χ2v) is 15.6. The molecule has 3 aromatic carbocycles. The maximum Gasteiger partial charge on any atom is 0.339 e. The predicted octanol–water partition coefficient (Wildman–Crippen LogP) is 3.59. The normalized spacial score (nSPS) is 16.4. The van der Waals surface area contributed by atoms with Gasteiger partial charge in [0.1, 0.15) is 5.60 Å². The zero-order chi connectivity index (χ0) is 42.0. The van der Waals surface area contributed by atoms with Crippen molar-refractivity contribution in [3.63, 3.8) is 0 Å². The molecular weight excluding hydrogens is 741 g/mol. The molecule has 2 heterocycles. The van der Waals surface area contributed by atoms with Crippen LogP contribution in [0.25, 0.3) is 10.9 Å². The minimum atomic E-state index is -2.13. The van der Waals surface area contributed by atoms with Gasteiger partial charge in [-0.3, -0.25) is 19.2 Å². The number of aryl methyl sites for hydroxylation is 1. The van der Waals surface area contributed by atoms with Gasteiger partial charge in [-0.25, -0.2) is 9.59 Å². The van der Waals surface area contributed by atoms with Crippen LogP contribution in [0.4, 0.5) is 10.5 Å². The number of anilines is 1. The highest BCUT2D eigenvalue weighted by atomic mass is 16.6. The van der Waals surface area contributed by atoms with Crippen LogP contribution in [0, 0.1) is 6.92 Å². The first-order valence-electron chi connectivity index (χ1n) is 19.5. The smallest absolute Gasteiger partial charge is 0.339 e. The van der Waals surface area contributed by atoms with Gasteiger partial charge >= 0.3 is 12.0 Å². The number of nitrogens with two attached hydrogens (primary N) is 2. The number of nitrogens with zero attached hydrogens (tertiary/aromatic N) is 1. The Bertz CT molecular complexity index is 2130. The Labute approximate surface area is 338 Å². The summed E-state index contributed by atoms with van der Waals surface area (Å²) >= 11 is 0. The van der Waals surface area contributed by atoms with E-state index in [1.807, 2.05) is 36.4 Å². The third-order valence-electron chi connectivity index (χ3n) is 9.98. The van der Waals surface area contributed by atoms with Gasteiger partial charge in [0.15, 0.2) is 11.3 Å². The van der Waals surface area contributed by atoms with Crippen LogP contribution in [0.3, 0.4) is 0 Å². The van der Waals surface area contributed by atoms with Crippen LogP contribution in [0.5, 0.6) is 0 Å². The maximum atomic E-state index is 14.8. The van der Waals surface area contributed by atoms with Crippen molar-refractivity contribution in [3.05, 3.63) is 101 Å². The van der Waals surface area contributed by atoms with E-state index < -0.39 is 58.7 Å². The molecular formula is C43H54N8O7. The average molecular weight is 795 g/mol. The van der Waals surface area contributed by atoms with E-state index >= 15 is 0 Å². The molecule has 0 aliphatic carbocycles. The van der Waals surface area contributed by atoms with Crippen LogP contribution in [0.2, 0.25) is 0 Å². The molecule has 5 rings (SSSR count). The number of Topliss-reactive ketones (excluding diaryl/α,β-unsaturated/α-hetero) is 1. The number of ketones is 1. The molecule has 1 aromatic heterocycles. The molecule has 15 heteroatoms. The predicted molar refractivity (Wildman–Crippen MR) is 221 cm³/mol. The van der Waals surface area contributed by atoms with Gasteiger partial charge in [-0.1, -0.05) is 54.6 Å². The number of amides is 5. The van der Waals surface area contributed by atoms with E-state index in [1.165, 1.54) is 4.90 Å². The Morgan fingerprint density at radius 2 is 1.69 bits per heavy atom. The van der Waals surface area contributed by atoms with Crippen molar-refractivity contribution < 1.29 is 33.5 Å². The topological polar surface area (TPSA) is 231 Å². The Balaban J connectivity index is 1.39. The highest BCUT2D eigenvalue weighted by molar-refractivity contribution is 6.17. The van der Waals surface area contributed by atoms with E-state index in [9.17, 15) is 28.8 Å². The number of esters is 1. The second-order valence-electron chi connectivity index (χ2n) is 15.6. The quantitative estimate of drug-likeness (QED) is 0.0470. The van der Waals surface area contributed by atoms with Crippen molar-refractivity contribution in [2.24, 2.45) is 11.5 Å². The van der Waals surface area contributed by atoms with Crippen molar-refractivity contribution >= 4 is 52.1 Å². The summed E-state index contributed by atoms with van der Waals surface area (Å²) < 4.78 is 5.63. The molecule has 0 bridgehead atoms. The minimum Gasteiger partial charge on any atom is -0.456 e. The van der Waals surface area contributed by atoms with E-state index in [-0.39, 0.29) is 38.9 Å². The van der Waals surface area contributed by atoms with Crippen molar-refractivity contribution in [2.45, 2.75) is 89.6 Å². The van der Waals surface area contributed by atoms with Gasteiger partial charge in [0, 0.05) is 42.3 Å². The monoisotopic (exact) mass is 794 g/mol. The van der Waals surface area contributed by atoms with Crippen LogP contribution >= 0.6 is 0 Å². The Kier molecular flexibility index (Phi) is 14.1. The number of carbonyl (C=O) groups is 6. The lowest BCUT2D eigenvalue weighted by atomic mass is 9.85. The van der Waals surface area contributed by atoms with Crippen LogP contribution in [0.1, 0.15) is 73.5 Å². The number of hydrogen-bond acceptors (Lipinski definition) is 9. The number of hydrogen-bond donors (Lipinski definition) is 7. The van der Waals surface area contributed by atoms with Gasteiger partial charge in [0.2, 0.25) is 11.8 Å². The number of aromatic nitrogens is 1.